The number of hydrogen-bond acceptors (Lipinski definition) is 5. The van der Waals surface area contributed by atoms with Gasteiger partial charge in [-0.2, -0.15) is 9.36 Å². The minimum Gasteiger partial charge on any atom is -0.430 e. The van der Waals surface area contributed by atoms with E-state index in [-0.39, 0.29) is 24.2 Å². The summed E-state index contributed by atoms with van der Waals surface area (Å²) in [5, 5.41) is 3.45. The van der Waals surface area contributed by atoms with Crippen molar-refractivity contribution in [2.75, 3.05) is 0 Å². The van der Waals surface area contributed by atoms with E-state index in [1.807, 2.05) is 61.5 Å². The van der Waals surface area contributed by atoms with Crippen molar-refractivity contribution in [3.8, 4) is 10.9 Å². The number of ether oxygens (including phenoxy) is 1. The molecule has 0 aliphatic rings. The van der Waals surface area contributed by atoms with Gasteiger partial charge in [0.2, 0.25) is 5.91 Å². The molecule has 1 aromatic heterocycles. The molecule has 0 fully saturated rings. The van der Waals surface area contributed by atoms with Crippen LogP contribution >= 0.6 is 11.5 Å². The molecule has 7 heteroatoms. The van der Waals surface area contributed by atoms with Crippen LogP contribution in [0.25, 0.3) is 0 Å². The van der Waals surface area contributed by atoms with Crippen LogP contribution in [0.2, 0.25) is 0 Å². The fourth-order valence-electron chi connectivity index (χ4n) is 3.22. The molecule has 1 atom stereocenters. The van der Waals surface area contributed by atoms with E-state index in [0.29, 0.717) is 23.2 Å². The van der Waals surface area contributed by atoms with Crippen LogP contribution in [0.15, 0.2) is 78.9 Å². The number of halogens is 1. The van der Waals surface area contributed by atoms with Gasteiger partial charge in [0.25, 0.3) is 5.19 Å². The number of benzene rings is 3. The second-order valence-electron chi connectivity index (χ2n) is 7.40. The molecule has 0 aliphatic heterocycles. The number of nitrogens with zero attached hydrogens (tertiary/aromatic N) is 2. The second kappa shape index (κ2) is 10.2. The van der Waals surface area contributed by atoms with Crippen LogP contribution in [0.5, 0.6) is 10.9 Å². The molecular weight excluding hydrogens is 425 g/mol. The average Bonchev–Trinajstić information content (AvgIpc) is 3.24. The lowest BCUT2D eigenvalue weighted by molar-refractivity contribution is -0.121. The molecule has 32 heavy (non-hydrogen) atoms. The van der Waals surface area contributed by atoms with Gasteiger partial charge in [0.1, 0.15) is 11.6 Å². The van der Waals surface area contributed by atoms with Gasteiger partial charge >= 0.3 is 0 Å². The molecule has 1 heterocycles. The third-order valence-electron chi connectivity index (χ3n) is 4.90. The Morgan fingerprint density at radius 3 is 2.41 bits per heavy atom. The predicted octanol–water partition coefficient (Wildman–Crippen LogP) is 5.48. The standard InChI is InChI=1S/C25H22FN3O2S/c1-17(20-5-3-2-4-6-20)27-24(30)16-19-9-13-22(14-10-19)31-25-28-23(29-32-25)15-18-7-11-21(26)12-8-18/h2-14,17H,15-16H2,1H3,(H,27,30). The highest BCUT2D eigenvalue weighted by Gasteiger charge is 2.11. The van der Waals surface area contributed by atoms with Crippen molar-refractivity contribution >= 4 is 17.4 Å². The first kappa shape index (κ1) is 21.6. The molecule has 4 aromatic rings. The van der Waals surface area contributed by atoms with Gasteiger partial charge in [-0.25, -0.2) is 4.39 Å². The monoisotopic (exact) mass is 447 g/mol. The summed E-state index contributed by atoms with van der Waals surface area (Å²) in [5.74, 6) is 0.939. The fraction of sp³-hybridized carbons (Fsp3) is 0.160. The molecule has 0 bridgehead atoms. The Hall–Kier alpha value is -3.58. The van der Waals surface area contributed by atoms with Crippen LogP contribution in [0.1, 0.15) is 35.5 Å². The minimum atomic E-state index is -0.268. The second-order valence-corrected chi connectivity index (χ2v) is 8.12. The molecule has 0 saturated heterocycles. The van der Waals surface area contributed by atoms with Crippen molar-refractivity contribution in [2.45, 2.75) is 25.8 Å². The molecule has 162 valence electrons. The van der Waals surface area contributed by atoms with E-state index < -0.39 is 0 Å². The van der Waals surface area contributed by atoms with Gasteiger partial charge in [0.15, 0.2) is 5.82 Å². The zero-order chi connectivity index (χ0) is 22.3. The highest BCUT2D eigenvalue weighted by molar-refractivity contribution is 7.07. The Balaban J connectivity index is 1.29. The lowest BCUT2D eigenvalue weighted by Crippen LogP contribution is -2.28. The van der Waals surface area contributed by atoms with Crippen molar-refractivity contribution in [1.29, 1.82) is 0 Å². The van der Waals surface area contributed by atoms with E-state index in [2.05, 4.69) is 14.7 Å². The van der Waals surface area contributed by atoms with Gasteiger partial charge in [0.05, 0.1) is 12.5 Å². The van der Waals surface area contributed by atoms with Crippen molar-refractivity contribution in [3.05, 3.63) is 107 Å². The highest BCUT2D eigenvalue weighted by atomic mass is 32.1. The largest absolute Gasteiger partial charge is 0.430 e. The minimum absolute atomic E-state index is 0.0374. The van der Waals surface area contributed by atoms with Gasteiger partial charge in [-0.1, -0.05) is 54.6 Å². The number of nitrogens with one attached hydrogen (secondary N) is 1. The van der Waals surface area contributed by atoms with Gasteiger partial charge in [0, 0.05) is 18.0 Å². The van der Waals surface area contributed by atoms with E-state index >= 15 is 0 Å². The van der Waals surface area contributed by atoms with Gasteiger partial charge < -0.3 is 10.1 Å². The van der Waals surface area contributed by atoms with Crippen molar-refractivity contribution in [3.63, 3.8) is 0 Å². The summed E-state index contributed by atoms with van der Waals surface area (Å²) in [4.78, 5) is 16.7. The SMILES string of the molecule is CC(NC(=O)Cc1ccc(Oc2nc(Cc3ccc(F)cc3)ns2)cc1)c1ccccc1. The first-order valence-electron chi connectivity index (χ1n) is 10.2. The van der Waals surface area contributed by atoms with Gasteiger partial charge in [-0.15, -0.1) is 0 Å². The normalized spacial score (nSPS) is 11.7. The van der Waals surface area contributed by atoms with E-state index in [0.717, 1.165) is 28.2 Å². The van der Waals surface area contributed by atoms with Crippen LogP contribution in [0.4, 0.5) is 4.39 Å². The lowest BCUT2D eigenvalue weighted by Gasteiger charge is -2.14. The summed E-state index contributed by atoms with van der Waals surface area (Å²) < 4.78 is 23.1. The van der Waals surface area contributed by atoms with Gasteiger partial charge in [-0.3, -0.25) is 4.79 Å². The van der Waals surface area contributed by atoms with Crippen molar-refractivity contribution in [1.82, 2.24) is 14.7 Å². The summed E-state index contributed by atoms with van der Waals surface area (Å²) in [7, 11) is 0. The molecule has 0 spiro atoms. The summed E-state index contributed by atoms with van der Waals surface area (Å²) >= 11 is 1.16. The van der Waals surface area contributed by atoms with Crippen molar-refractivity contribution < 1.29 is 13.9 Å². The first-order valence-corrected chi connectivity index (χ1v) is 11.0. The molecule has 4 rings (SSSR count). The zero-order valence-electron chi connectivity index (χ0n) is 17.5. The van der Waals surface area contributed by atoms with Gasteiger partial charge in [-0.05, 0) is 47.9 Å². The van der Waals surface area contributed by atoms with E-state index in [9.17, 15) is 9.18 Å². The van der Waals surface area contributed by atoms with Crippen LogP contribution < -0.4 is 10.1 Å². The smallest absolute Gasteiger partial charge is 0.298 e. The summed E-state index contributed by atoms with van der Waals surface area (Å²) in [6.07, 6.45) is 0.799. The summed E-state index contributed by atoms with van der Waals surface area (Å²) in [6, 6.07) is 23.4. The zero-order valence-corrected chi connectivity index (χ0v) is 18.3. The number of aromatic nitrogens is 2. The maximum atomic E-state index is 13.0. The number of hydrogen-bond donors (Lipinski definition) is 1. The molecule has 3 aromatic carbocycles. The Kier molecular flexibility index (Phi) is 6.87. The maximum absolute atomic E-state index is 13.0. The summed E-state index contributed by atoms with van der Waals surface area (Å²) in [6.45, 7) is 1.97. The molecule has 0 saturated carbocycles. The average molecular weight is 448 g/mol. The quantitative estimate of drug-likeness (QED) is 0.388. The molecule has 1 amide bonds. The molecular formula is C25H22FN3O2S. The van der Waals surface area contributed by atoms with Crippen LogP contribution in [-0.2, 0) is 17.6 Å². The first-order chi connectivity index (χ1) is 15.5. The Labute approximate surface area is 190 Å². The number of carbonyl (C=O) groups is 1. The van der Waals surface area contributed by atoms with E-state index in [4.69, 9.17) is 4.74 Å². The third kappa shape index (κ3) is 5.98. The van der Waals surface area contributed by atoms with Crippen LogP contribution in [-0.4, -0.2) is 15.3 Å². The Morgan fingerprint density at radius 1 is 1.00 bits per heavy atom. The molecule has 1 N–H and O–H groups in total. The van der Waals surface area contributed by atoms with E-state index in [1.54, 1.807) is 12.1 Å². The maximum Gasteiger partial charge on any atom is 0.298 e. The molecule has 0 aliphatic carbocycles. The predicted molar refractivity (Wildman–Crippen MR) is 122 cm³/mol. The van der Waals surface area contributed by atoms with Crippen LogP contribution in [0.3, 0.4) is 0 Å². The highest BCUT2D eigenvalue weighted by Crippen LogP contribution is 2.24. The topological polar surface area (TPSA) is 64.1 Å². The lowest BCUT2D eigenvalue weighted by atomic mass is 10.1. The molecule has 5 nitrogen and oxygen atoms in total. The fourth-order valence-corrected chi connectivity index (χ4v) is 3.78. The summed E-state index contributed by atoms with van der Waals surface area (Å²) in [5.41, 5.74) is 2.89. The van der Waals surface area contributed by atoms with E-state index in [1.165, 1.54) is 12.1 Å². The number of rotatable bonds is 8. The number of carbonyl (C=O) groups excluding carboxylic acids is 1. The Morgan fingerprint density at radius 2 is 1.69 bits per heavy atom. The molecule has 0 radical (unpaired) electrons. The van der Waals surface area contributed by atoms with Crippen LogP contribution in [0, 0.1) is 5.82 Å². The number of amides is 1. The Bertz CT molecular complexity index is 1160. The third-order valence-corrected chi connectivity index (χ3v) is 5.53. The molecule has 1 unspecified atom stereocenters. The van der Waals surface area contributed by atoms with Crippen molar-refractivity contribution in [2.24, 2.45) is 0 Å².